The van der Waals surface area contributed by atoms with Gasteiger partial charge in [-0.25, -0.2) is 4.79 Å². The smallest absolute Gasteiger partial charge is 0.331 e. The molecule has 1 aliphatic rings. The van der Waals surface area contributed by atoms with Crippen molar-refractivity contribution in [3.63, 3.8) is 0 Å². The normalized spacial score (nSPS) is 19.3. The number of hydrogen-bond acceptors (Lipinski definition) is 1. The van der Waals surface area contributed by atoms with Gasteiger partial charge in [0.15, 0.2) is 0 Å². The van der Waals surface area contributed by atoms with Gasteiger partial charge in [-0.15, -0.1) is 0 Å². The SMILES string of the molecule is C=C(C(=O)O)C1CC1(c1ccccc1)c1ccccc1. The second-order valence-corrected chi connectivity index (χ2v) is 5.29. The van der Waals surface area contributed by atoms with Gasteiger partial charge in [0.2, 0.25) is 0 Å². The standard InChI is InChI=1S/C18H16O2/c1-13(17(19)20)16-12-18(16,14-8-4-2-5-9-14)15-10-6-3-7-11-15/h2-11,16H,1,12H2,(H,19,20). The summed E-state index contributed by atoms with van der Waals surface area (Å²) in [5.41, 5.74) is 2.41. The molecule has 0 spiro atoms. The maximum atomic E-state index is 11.2. The van der Waals surface area contributed by atoms with Gasteiger partial charge in [0.1, 0.15) is 0 Å². The van der Waals surface area contributed by atoms with Gasteiger partial charge in [-0.1, -0.05) is 67.2 Å². The van der Waals surface area contributed by atoms with Crippen molar-refractivity contribution in [3.05, 3.63) is 83.9 Å². The zero-order valence-corrected chi connectivity index (χ0v) is 11.1. The third-order valence-electron chi connectivity index (χ3n) is 4.23. The van der Waals surface area contributed by atoms with E-state index < -0.39 is 5.97 Å². The third kappa shape index (κ3) is 1.85. The Balaban J connectivity index is 2.08. The van der Waals surface area contributed by atoms with Crippen molar-refractivity contribution >= 4 is 5.97 Å². The van der Waals surface area contributed by atoms with E-state index in [1.807, 2.05) is 36.4 Å². The maximum absolute atomic E-state index is 11.2. The molecule has 1 atom stereocenters. The molecule has 0 amide bonds. The number of hydrogen-bond donors (Lipinski definition) is 1. The molecule has 0 bridgehead atoms. The summed E-state index contributed by atoms with van der Waals surface area (Å²) >= 11 is 0. The molecule has 1 unspecified atom stereocenters. The molecule has 1 N–H and O–H groups in total. The Hall–Kier alpha value is -2.35. The second kappa shape index (κ2) is 4.64. The van der Waals surface area contributed by atoms with E-state index in [-0.39, 0.29) is 11.3 Å². The lowest BCUT2D eigenvalue weighted by atomic mass is 9.84. The number of rotatable bonds is 4. The Morgan fingerprint density at radius 2 is 1.45 bits per heavy atom. The molecule has 1 saturated carbocycles. The first-order valence-electron chi connectivity index (χ1n) is 6.69. The van der Waals surface area contributed by atoms with Crippen LogP contribution in [0.1, 0.15) is 17.5 Å². The van der Waals surface area contributed by atoms with Gasteiger partial charge in [0.25, 0.3) is 0 Å². The molecule has 0 aromatic heterocycles. The van der Waals surface area contributed by atoms with E-state index >= 15 is 0 Å². The summed E-state index contributed by atoms with van der Waals surface area (Å²) in [7, 11) is 0. The van der Waals surface area contributed by atoms with Crippen LogP contribution >= 0.6 is 0 Å². The third-order valence-corrected chi connectivity index (χ3v) is 4.23. The highest BCUT2D eigenvalue weighted by atomic mass is 16.4. The summed E-state index contributed by atoms with van der Waals surface area (Å²) in [6.45, 7) is 3.76. The maximum Gasteiger partial charge on any atom is 0.331 e. The molecular weight excluding hydrogens is 248 g/mol. The van der Waals surface area contributed by atoms with Crippen molar-refractivity contribution in [2.45, 2.75) is 11.8 Å². The average molecular weight is 264 g/mol. The van der Waals surface area contributed by atoms with E-state index in [9.17, 15) is 9.90 Å². The highest BCUT2D eigenvalue weighted by molar-refractivity contribution is 5.88. The summed E-state index contributed by atoms with van der Waals surface area (Å²) in [5.74, 6) is -0.923. The molecule has 0 aliphatic heterocycles. The van der Waals surface area contributed by atoms with Crippen molar-refractivity contribution in [1.29, 1.82) is 0 Å². The average Bonchev–Trinajstić information content (AvgIpc) is 3.25. The van der Waals surface area contributed by atoms with Gasteiger partial charge in [0, 0.05) is 16.9 Å². The minimum absolute atomic E-state index is 0.0233. The topological polar surface area (TPSA) is 37.3 Å². The van der Waals surface area contributed by atoms with E-state index in [1.54, 1.807) is 0 Å². The lowest BCUT2D eigenvalue weighted by molar-refractivity contribution is -0.132. The largest absolute Gasteiger partial charge is 0.478 e. The minimum atomic E-state index is -0.899. The van der Waals surface area contributed by atoms with Gasteiger partial charge >= 0.3 is 5.97 Å². The molecule has 2 heteroatoms. The Labute approximate surface area is 118 Å². The monoisotopic (exact) mass is 264 g/mol. The molecule has 3 rings (SSSR count). The van der Waals surface area contributed by atoms with Crippen LogP contribution in [0.4, 0.5) is 0 Å². The van der Waals surface area contributed by atoms with E-state index in [1.165, 1.54) is 11.1 Å². The molecule has 0 heterocycles. The lowest BCUT2D eigenvalue weighted by Crippen LogP contribution is -2.15. The lowest BCUT2D eigenvalue weighted by Gasteiger charge is -2.19. The first-order valence-corrected chi connectivity index (χ1v) is 6.69. The fraction of sp³-hybridized carbons (Fsp3) is 0.167. The van der Waals surface area contributed by atoms with Crippen LogP contribution in [0.5, 0.6) is 0 Å². The summed E-state index contributed by atoms with van der Waals surface area (Å²) in [5, 5.41) is 9.22. The highest BCUT2D eigenvalue weighted by Crippen LogP contribution is 2.61. The molecule has 2 nitrogen and oxygen atoms in total. The number of carboxylic acids is 1. The molecule has 1 aliphatic carbocycles. The molecule has 2 aromatic carbocycles. The zero-order chi connectivity index (χ0) is 14.2. The van der Waals surface area contributed by atoms with Crippen LogP contribution in [0.2, 0.25) is 0 Å². The van der Waals surface area contributed by atoms with Gasteiger partial charge in [-0.3, -0.25) is 0 Å². The Bertz CT molecular complexity index is 604. The Kier molecular flexibility index (Phi) is 2.94. The summed E-state index contributed by atoms with van der Waals surface area (Å²) in [6.07, 6.45) is 0.812. The van der Waals surface area contributed by atoms with E-state index in [0.29, 0.717) is 5.57 Å². The van der Waals surface area contributed by atoms with E-state index in [0.717, 1.165) is 6.42 Å². The molecular formula is C18H16O2. The van der Waals surface area contributed by atoms with Crippen molar-refractivity contribution in [1.82, 2.24) is 0 Å². The fourth-order valence-corrected chi connectivity index (χ4v) is 3.11. The first-order chi connectivity index (χ1) is 9.66. The van der Waals surface area contributed by atoms with E-state index in [4.69, 9.17) is 0 Å². The second-order valence-electron chi connectivity index (χ2n) is 5.29. The van der Waals surface area contributed by atoms with Crippen LogP contribution in [-0.2, 0) is 10.2 Å². The van der Waals surface area contributed by atoms with Crippen LogP contribution in [0.25, 0.3) is 0 Å². The predicted octanol–water partition coefficient (Wildman–Crippen LogP) is 3.63. The van der Waals surface area contributed by atoms with Gasteiger partial charge < -0.3 is 5.11 Å². The predicted molar refractivity (Wildman–Crippen MR) is 78.5 cm³/mol. The van der Waals surface area contributed by atoms with Crippen LogP contribution < -0.4 is 0 Å². The van der Waals surface area contributed by atoms with Crippen LogP contribution in [0.3, 0.4) is 0 Å². The summed E-state index contributed by atoms with van der Waals surface area (Å²) < 4.78 is 0. The fourth-order valence-electron chi connectivity index (χ4n) is 3.11. The van der Waals surface area contributed by atoms with E-state index in [2.05, 4.69) is 30.8 Å². The van der Waals surface area contributed by atoms with Gasteiger partial charge in [-0.05, 0) is 17.5 Å². The number of carbonyl (C=O) groups is 1. The van der Waals surface area contributed by atoms with Gasteiger partial charge in [-0.2, -0.15) is 0 Å². The summed E-state index contributed by atoms with van der Waals surface area (Å²) in [6, 6.07) is 20.2. The van der Waals surface area contributed by atoms with Crippen molar-refractivity contribution in [2.24, 2.45) is 5.92 Å². The number of benzene rings is 2. The molecule has 0 saturated heterocycles. The van der Waals surface area contributed by atoms with Crippen LogP contribution in [0, 0.1) is 5.92 Å². The van der Waals surface area contributed by atoms with Crippen molar-refractivity contribution in [2.75, 3.05) is 0 Å². The van der Waals surface area contributed by atoms with Crippen LogP contribution in [0.15, 0.2) is 72.8 Å². The van der Waals surface area contributed by atoms with Crippen molar-refractivity contribution in [3.8, 4) is 0 Å². The molecule has 2 aromatic rings. The minimum Gasteiger partial charge on any atom is -0.478 e. The first kappa shape index (κ1) is 12.7. The Morgan fingerprint density at radius 3 is 1.85 bits per heavy atom. The number of carboxylic acid groups (broad SMARTS) is 1. The molecule has 0 radical (unpaired) electrons. The van der Waals surface area contributed by atoms with Crippen molar-refractivity contribution < 1.29 is 9.90 Å². The number of aliphatic carboxylic acids is 1. The van der Waals surface area contributed by atoms with Gasteiger partial charge in [0.05, 0.1) is 0 Å². The highest BCUT2D eigenvalue weighted by Gasteiger charge is 2.58. The molecule has 1 fully saturated rings. The zero-order valence-electron chi connectivity index (χ0n) is 11.1. The summed E-state index contributed by atoms with van der Waals surface area (Å²) in [4.78, 5) is 11.2. The Morgan fingerprint density at radius 1 is 1.00 bits per heavy atom. The molecule has 20 heavy (non-hydrogen) atoms. The van der Waals surface area contributed by atoms with Crippen LogP contribution in [-0.4, -0.2) is 11.1 Å². The quantitative estimate of drug-likeness (QED) is 0.856. The molecule has 100 valence electrons.